The Balaban J connectivity index is 2.42. The molecular weight excluding hydrogens is 313 g/mol. The van der Waals surface area contributed by atoms with Gasteiger partial charge in [-0.1, -0.05) is 0 Å². The normalized spacial score (nSPS) is 12.8. The van der Waals surface area contributed by atoms with E-state index in [9.17, 15) is 13.2 Å². The second kappa shape index (κ2) is 8.99. The van der Waals surface area contributed by atoms with Crippen molar-refractivity contribution in [3.8, 4) is 0 Å². The van der Waals surface area contributed by atoms with Crippen molar-refractivity contribution in [1.82, 2.24) is 15.5 Å². The summed E-state index contributed by atoms with van der Waals surface area (Å²) in [6.07, 6.45) is -4.16. The predicted octanol–water partition coefficient (Wildman–Crippen LogP) is 2.61. The summed E-state index contributed by atoms with van der Waals surface area (Å²) in [5.74, 6) is 0.621. The molecule has 0 fully saturated rings. The number of rotatable bonds is 7. The fourth-order valence-electron chi connectivity index (χ4n) is 1.81. The van der Waals surface area contributed by atoms with Gasteiger partial charge in [-0.3, -0.25) is 4.90 Å². The van der Waals surface area contributed by atoms with Crippen LogP contribution in [0.15, 0.2) is 16.4 Å². The molecule has 1 heterocycles. The monoisotopic (exact) mass is 336 g/mol. The summed E-state index contributed by atoms with van der Waals surface area (Å²) in [4.78, 5) is 6.87. The molecule has 0 aliphatic rings. The molecule has 0 aliphatic heterocycles. The van der Waals surface area contributed by atoms with Gasteiger partial charge in [-0.2, -0.15) is 13.2 Å². The molecule has 2 N–H and O–H groups in total. The maximum atomic E-state index is 12.2. The Morgan fingerprint density at radius 1 is 1.36 bits per heavy atom. The molecule has 0 aromatic carbocycles. The van der Waals surface area contributed by atoms with E-state index >= 15 is 0 Å². The highest BCUT2D eigenvalue weighted by atomic mass is 32.1. The van der Waals surface area contributed by atoms with Crippen molar-refractivity contribution in [2.75, 3.05) is 33.2 Å². The highest BCUT2D eigenvalue weighted by molar-refractivity contribution is 7.10. The summed E-state index contributed by atoms with van der Waals surface area (Å²) in [7, 11) is 1.45. The average Bonchev–Trinajstić information content (AvgIpc) is 2.79. The molecule has 1 rings (SSSR count). The van der Waals surface area contributed by atoms with Crippen LogP contribution in [0.5, 0.6) is 0 Å². The van der Waals surface area contributed by atoms with Gasteiger partial charge in [-0.15, -0.1) is 11.3 Å². The lowest BCUT2D eigenvalue weighted by molar-refractivity contribution is -0.142. The lowest BCUT2D eigenvalue weighted by Crippen LogP contribution is -2.42. The number of hydrogen-bond acceptors (Lipinski definition) is 3. The molecule has 0 spiro atoms. The first-order chi connectivity index (χ1) is 10.3. The number of alkyl halides is 3. The van der Waals surface area contributed by atoms with Crippen molar-refractivity contribution in [3.63, 3.8) is 0 Å². The zero-order valence-corrected chi connectivity index (χ0v) is 13.9. The van der Waals surface area contributed by atoms with Crippen molar-refractivity contribution in [3.05, 3.63) is 21.9 Å². The fraction of sp³-hybridized carbons (Fsp3) is 0.643. The minimum Gasteiger partial charge on any atom is -0.357 e. The van der Waals surface area contributed by atoms with E-state index in [0.29, 0.717) is 32.1 Å². The zero-order valence-electron chi connectivity index (χ0n) is 13.1. The summed E-state index contributed by atoms with van der Waals surface area (Å²) in [5.41, 5.74) is 1.20. The lowest BCUT2D eigenvalue weighted by atomic mass is 10.3. The standard InChI is InChI=1S/C14H23F3N4S/c1-4-18-13(20-9-12-11(2)5-8-22-12)19-6-7-21(3)10-14(15,16)17/h5,8H,4,6-7,9-10H2,1-3H3,(H2,18,19,20). The maximum Gasteiger partial charge on any atom is 0.401 e. The maximum absolute atomic E-state index is 12.2. The third-order valence-electron chi connectivity index (χ3n) is 2.93. The molecule has 0 aliphatic carbocycles. The number of likely N-dealkylation sites (N-methyl/N-ethyl adjacent to an activating group) is 1. The number of aryl methyl sites for hydroxylation is 1. The van der Waals surface area contributed by atoms with Crippen molar-refractivity contribution in [1.29, 1.82) is 0 Å². The first kappa shape index (κ1) is 18.8. The average molecular weight is 336 g/mol. The van der Waals surface area contributed by atoms with Gasteiger partial charge < -0.3 is 10.6 Å². The lowest BCUT2D eigenvalue weighted by Gasteiger charge is -2.19. The number of nitrogens with zero attached hydrogens (tertiary/aromatic N) is 2. The number of thiophene rings is 1. The predicted molar refractivity (Wildman–Crippen MR) is 85.4 cm³/mol. The van der Waals surface area contributed by atoms with Crippen LogP contribution in [0.3, 0.4) is 0 Å². The molecule has 0 unspecified atom stereocenters. The van der Waals surface area contributed by atoms with Gasteiger partial charge in [0, 0.05) is 24.5 Å². The van der Waals surface area contributed by atoms with E-state index in [1.165, 1.54) is 22.4 Å². The largest absolute Gasteiger partial charge is 0.401 e. The molecule has 1 aromatic heterocycles. The van der Waals surface area contributed by atoms with E-state index in [2.05, 4.69) is 15.6 Å². The molecule has 0 atom stereocenters. The quantitative estimate of drug-likeness (QED) is 0.594. The highest BCUT2D eigenvalue weighted by Crippen LogP contribution is 2.16. The van der Waals surface area contributed by atoms with Crippen LogP contribution in [-0.4, -0.2) is 50.3 Å². The van der Waals surface area contributed by atoms with E-state index in [1.54, 1.807) is 11.3 Å². The van der Waals surface area contributed by atoms with Gasteiger partial charge in [-0.25, -0.2) is 4.99 Å². The van der Waals surface area contributed by atoms with Crippen LogP contribution in [0.1, 0.15) is 17.4 Å². The Bertz CT molecular complexity index is 471. The summed E-state index contributed by atoms with van der Waals surface area (Å²) in [6.45, 7) is 5.04. The topological polar surface area (TPSA) is 39.7 Å². The van der Waals surface area contributed by atoms with Crippen molar-refractivity contribution < 1.29 is 13.2 Å². The number of guanidine groups is 1. The van der Waals surface area contributed by atoms with Gasteiger partial charge in [0.1, 0.15) is 0 Å². The van der Waals surface area contributed by atoms with Crippen LogP contribution in [0.4, 0.5) is 13.2 Å². The summed E-state index contributed by atoms with van der Waals surface area (Å²) in [5, 5.41) is 8.16. The van der Waals surface area contributed by atoms with Gasteiger partial charge in [0.05, 0.1) is 13.1 Å². The molecule has 0 saturated heterocycles. The molecule has 0 amide bonds. The number of halogens is 3. The Morgan fingerprint density at radius 3 is 2.64 bits per heavy atom. The van der Waals surface area contributed by atoms with Crippen LogP contribution < -0.4 is 10.6 Å². The van der Waals surface area contributed by atoms with Gasteiger partial charge in [0.25, 0.3) is 0 Å². The van der Waals surface area contributed by atoms with E-state index in [4.69, 9.17) is 0 Å². The van der Waals surface area contributed by atoms with Crippen molar-refractivity contribution in [2.45, 2.75) is 26.6 Å². The molecule has 8 heteroatoms. The molecule has 4 nitrogen and oxygen atoms in total. The zero-order chi connectivity index (χ0) is 16.6. The summed E-state index contributed by atoms with van der Waals surface area (Å²) >= 11 is 1.65. The van der Waals surface area contributed by atoms with Crippen LogP contribution in [-0.2, 0) is 6.54 Å². The van der Waals surface area contributed by atoms with E-state index in [0.717, 1.165) is 0 Å². The summed E-state index contributed by atoms with van der Waals surface area (Å²) < 4.78 is 36.7. The van der Waals surface area contributed by atoms with Crippen molar-refractivity contribution >= 4 is 17.3 Å². The van der Waals surface area contributed by atoms with Gasteiger partial charge in [0.15, 0.2) is 5.96 Å². The molecule has 22 heavy (non-hydrogen) atoms. The molecule has 1 aromatic rings. The third kappa shape index (κ3) is 7.65. The minimum absolute atomic E-state index is 0.294. The highest BCUT2D eigenvalue weighted by Gasteiger charge is 2.28. The second-order valence-corrected chi connectivity index (χ2v) is 6.00. The molecule has 0 radical (unpaired) electrons. The molecule has 126 valence electrons. The third-order valence-corrected chi connectivity index (χ3v) is 3.94. The molecule has 0 saturated carbocycles. The van der Waals surface area contributed by atoms with Gasteiger partial charge >= 0.3 is 6.18 Å². The van der Waals surface area contributed by atoms with E-state index in [1.807, 2.05) is 25.3 Å². The van der Waals surface area contributed by atoms with Crippen LogP contribution >= 0.6 is 11.3 Å². The minimum atomic E-state index is -4.16. The van der Waals surface area contributed by atoms with E-state index in [-0.39, 0.29) is 0 Å². The number of nitrogens with one attached hydrogen (secondary N) is 2. The van der Waals surface area contributed by atoms with Crippen LogP contribution in [0, 0.1) is 6.92 Å². The molecule has 0 bridgehead atoms. The Labute approximate surface area is 133 Å². The molecular formula is C14H23F3N4S. The Kier molecular flexibility index (Phi) is 7.67. The van der Waals surface area contributed by atoms with Gasteiger partial charge in [-0.05, 0) is 37.9 Å². The van der Waals surface area contributed by atoms with Crippen molar-refractivity contribution in [2.24, 2.45) is 4.99 Å². The Hall–Kier alpha value is -1.28. The first-order valence-electron chi connectivity index (χ1n) is 7.12. The second-order valence-electron chi connectivity index (χ2n) is 5.00. The van der Waals surface area contributed by atoms with Crippen LogP contribution in [0.2, 0.25) is 0 Å². The number of hydrogen-bond donors (Lipinski definition) is 2. The fourth-order valence-corrected chi connectivity index (χ4v) is 2.64. The van der Waals surface area contributed by atoms with E-state index < -0.39 is 12.7 Å². The Morgan fingerprint density at radius 2 is 2.09 bits per heavy atom. The SMILES string of the molecule is CCNC(=NCc1sccc1C)NCCN(C)CC(F)(F)F. The number of aliphatic imine (C=N–C) groups is 1. The van der Waals surface area contributed by atoms with Gasteiger partial charge in [0.2, 0.25) is 0 Å². The smallest absolute Gasteiger partial charge is 0.357 e. The first-order valence-corrected chi connectivity index (χ1v) is 8.00. The van der Waals surface area contributed by atoms with Crippen LogP contribution in [0.25, 0.3) is 0 Å². The summed E-state index contributed by atoms with van der Waals surface area (Å²) in [6, 6.07) is 2.04.